The lowest BCUT2D eigenvalue weighted by Gasteiger charge is -2.35. The monoisotopic (exact) mass is 587 g/mol. The summed E-state index contributed by atoms with van der Waals surface area (Å²) in [6.45, 7) is 4.15. The van der Waals surface area contributed by atoms with Gasteiger partial charge in [0.15, 0.2) is 6.23 Å². The van der Waals surface area contributed by atoms with E-state index in [-0.39, 0.29) is 6.10 Å². The SMILES string of the molecule is CC(C)OC(=O)C(C)NP(=S)(OCC1(OC(C)C)OC(n2ccc(=O)[nH]c2=O)C(O)C1O)Oc1ccccc1. The molecule has 0 aliphatic carbocycles. The smallest absolute Gasteiger partial charge is 0.330 e. The van der Waals surface area contributed by atoms with Crippen molar-refractivity contribution in [3.63, 3.8) is 0 Å². The predicted molar refractivity (Wildman–Crippen MR) is 144 cm³/mol. The summed E-state index contributed by atoms with van der Waals surface area (Å²) >= 11 is 5.71. The molecule has 0 amide bonds. The van der Waals surface area contributed by atoms with Gasteiger partial charge in [-0.15, -0.1) is 0 Å². The van der Waals surface area contributed by atoms with Crippen LogP contribution in [0.4, 0.5) is 0 Å². The van der Waals surface area contributed by atoms with E-state index in [1.165, 1.54) is 6.92 Å². The van der Waals surface area contributed by atoms with E-state index in [1.807, 2.05) is 0 Å². The van der Waals surface area contributed by atoms with Crippen molar-refractivity contribution in [2.45, 2.75) is 77.1 Å². The number of esters is 1. The Morgan fingerprint density at radius 1 is 1.15 bits per heavy atom. The third kappa shape index (κ3) is 7.83. The predicted octanol–water partition coefficient (Wildman–Crippen LogP) is 1.16. The molecule has 1 aromatic carbocycles. The first-order chi connectivity index (χ1) is 18.2. The first-order valence-corrected chi connectivity index (χ1v) is 14.9. The van der Waals surface area contributed by atoms with Crippen LogP contribution >= 0.6 is 6.64 Å². The Balaban J connectivity index is 1.92. The van der Waals surface area contributed by atoms with Gasteiger partial charge in [-0.2, -0.15) is 0 Å². The van der Waals surface area contributed by atoms with Gasteiger partial charge < -0.3 is 33.5 Å². The average molecular weight is 588 g/mol. The number of ether oxygens (including phenoxy) is 3. The van der Waals surface area contributed by atoms with Crippen LogP contribution in [0.1, 0.15) is 40.8 Å². The van der Waals surface area contributed by atoms with Gasteiger partial charge in [-0.3, -0.25) is 19.1 Å². The Labute approximate surface area is 230 Å². The van der Waals surface area contributed by atoms with E-state index < -0.39 is 66.8 Å². The van der Waals surface area contributed by atoms with E-state index >= 15 is 0 Å². The number of carbonyl (C=O) groups is 1. The van der Waals surface area contributed by atoms with Gasteiger partial charge in [-0.05, 0) is 58.6 Å². The van der Waals surface area contributed by atoms with Crippen LogP contribution in [0.2, 0.25) is 0 Å². The molecule has 2 heterocycles. The molecule has 4 N–H and O–H groups in total. The Bertz CT molecular complexity index is 1290. The Hall–Kier alpha value is -2.42. The number of H-pyrrole nitrogens is 1. The van der Waals surface area contributed by atoms with Crippen molar-refractivity contribution in [2.24, 2.45) is 0 Å². The van der Waals surface area contributed by atoms with Crippen molar-refractivity contribution in [3.8, 4) is 5.75 Å². The van der Waals surface area contributed by atoms with Crippen molar-refractivity contribution in [1.29, 1.82) is 0 Å². The van der Waals surface area contributed by atoms with Crippen molar-refractivity contribution in [3.05, 3.63) is 63.4 Å². The summed E-state index contributed by atoms with van der Waals surface area (Å²) in [5, 5.41) is 24.8. The molecule has 1 fully saturated rings. The molecule has 6 atom stereocenters. The first kappa shape index (κ1) is 31.1. The Kier molecular flexibility index (Phi) is 10.2. The number of hydrogen-bond acceptors (Lipinski definition) is 11. The van der Waals surface area contributed by atoms with Gasteiger partial charge in [0.2, 0.25) is 5.79 Å². The number of nitrogens with one attached hydrogen (secondary N) is 2. The maximum Gasteiger partial charge on any atom is 0.330 e. The van der Waals surface area contributed by atoms with Crippen LogP contribution in [0, 0.1) is 0 Å². The van der Waals surface area contributed by atoms with Crippen molar-refractivity contribution in [2.75, 3.05) is 6.61 Å². The zero-order valence-corrected chi connectivity index (χ0v) is 23.9. The maximum atomic E-state index is 12.5. The lowest BCUT2D eigenvalue weighted by atomic mass is 10.1. The molecule has 6 unspecified atom stereocenters. The van der Waals surface area contributed by atoms with Gasteiger partial charge in [0, 0.05) is 12.3 Å². The zero-order valence-electron chi connectivity index (χ0n) is 22.2. The van der Waals surface area contributed by atoms with E-state index in [0.29, 0.717) is 5.75 Å². The second-order valence-corrected chi connectivity index (χ2v) is 12.6. The van der Waals surface area contributed by atoms with Crippen LogP contribution in [0.5, 0.6) is 5.75 Å². The fraction of sp³-hybridized carbons (Fsp3) is 0.542. The number of carbonyl (C=O) groups excluding carboxylic acids is 1. The molecule has 39 heavy (non-hydrogen) atoms. The van der Waals surface area contributed by atoms with Crippen LogP contribution in [0.3, 0.4) is 0 Å². The molecule has 3 rings (SSSR count). The van der Waals surface area contributed by atoms with Crippen LogP contribution < -0.4 is 20.9 Å². The molecule has 0 bridgehead atoms. The minimum absolute atomic E-state index is 0.349. The molecule has 216 valence electrons. The number of aliphatic hydroxyl groups excluding tert-OH is 2. The molecule has 1 aliphatic rings. The molecule has 0 saturated carbocycles. The number of aromatic nitrogens is 2. The van der Waals surface area contributed by atoms with Crippen molar-refractivity contribution >= 4 is 24.4 Å². The highest BCUT2D eigenvalue weighted by molar-refractivity contribution is 8.09. The lowest BCUT2D eigenvalue weighted by molar-refractivity contribution is -0.291. The van der Waals surface area contributed by atoms with E-state index in [2.05, 4.69) is 10.1 Å². The number of benzene rings is 1. The third-order valence-electron chi connectivity index (χ3n) is 5.41. The Morgan fingerprint density at radius 3 is 2.41 bits per heavy atom. The van der Waals surface area contributed by atoms with Gasteiger partial charge in [-0.1, -0.05) is 18.2 Å². The van der Waals surface area contributed by atoms with E-state index in [1.54, 1.807) is 58.0 Å². The summed E-state index contributed by atoms with van der Waals surface area (Å²) in [5.41, 5.74) is -1.51. The largest absolute Gasteiger partial charge is 0.462 e. The number of rotatable bonds is 12. The molecule has 15 heteroatoms. The summed E-state index contributed by atoms with van der Waals surface area (Å²) < 4.78 is 30.0. The molecule has 0 spiro atoms. The van der Waals surface area contributed by atoms with E-state index in [9.17, 15) is 24.6 Å². The molecule has 0 radical (unpaired) electrons. The fourth-order valence-electron chi connectivity index (χ4n) is 3.77. The second-order valence-electron chi connectivity index (χ2n) is 9.45. The molecule has 1 aliphatic heterocycles. The van der Waals surface area contributed by atoms with Crippen molar-refractivity contribution < 1.29 is 38.3 Å². The summed E-state index contributed by atoms with van der Waals surface area (Å²) in [6, 6.07) is 8.65. The summed E-state index contributed by atoms with van der Waals surface area (Å²) in [7, 11) is 0. The van der Waals surface area contributed by atoms with Gasteiger partial charge in [0.25, 0.3) is 5.56 Å². The number of aliphatic hydroxyl groups is 2. The van der Waals surface area contributed by atoms with Gasteiger partial charge in [0.1, 0.15) is 30.6 Å². The number of para-hydroxylation sites is 1. The highest BCUT2D eigenvalue weighted by Gasteiger charge is 2.58. The quantitative estimate of drug-likeness (QED) is 0.207. The van der Waals surface area contributed by atoms with E-state index in [4.69, 9.17) is 35.1 Å². The molecule has 1 saturated heterocycles. The third-order valence-corrected chi connectivity index (χ3v) is 7.89. The molecule has 13 nitrogen and oxygen atoms in total. The van der Waals surface area contributed by atoms with Gasteiger partial charge >= 0.3 is 18.3 Å². The topological polar surface area (TPSA) is 171 Å². The van der Waals surface area contributed by atoms with E-state index in [0.717, 1.165) is 16.8 Å². The zero-order chi connectivity index (χ0) is 29.0. The van der Waals surface area contributed by atoms with Gasteiger partial charge in [-0.25, -0.2) is 9.88 Å². The maximum absolute atomic E-state index is 12.5. The second kappa shape index (κ2) is 12.8. The molecule has 1 aromatic heterocycles. The van der Waals surface area contributed by atoms with Gasteiger partial charge in [0.05, 0.1) is 12.2 Å². The Morgan fingerprint density at radius 2 is 1.82 bits per heavy atom. The fourth-order valence-corrected chi connectivity index (χ4v) is 6.17. The minimum atomic E-state index is -3.57. The molecular formula is C24H34N3O10PS. The van der Waals surface area contributed by atoms with Crippen LogP contribution in [-0.4, -0.2) is 68.6 Å². The first-order valence-electron chi connectivity index (χ1n) is 12.3. The standard InChI is InChI=1S/C24H34N3O10PS/c1-14(2)34-22(31)16(5)26-38(39,37-17-9-7-6-8-10-17)33-13-24(35-15(3)4)20(30)19(29)21(36-24)27-12-11-18(28)25-23(27)32/h6-12,14-16,19-21,29-30H,13H2,1-5H3,(H,26,39)(H,25,28,32). The molecular weight excluding hydrogens is 553 g/mol. The van der Waals surface area contributed by atoms with Crippen LogP contribution in [0.15, 0.2) is 52.2 Å². The average Bonchev–Trinajstić information content (AvgIpc) is 3.08. The minimum Gasteiger partial charge on any atom is -0.462 e. The number of aromatic amines is 1. The highest BCUT2D eigenvalue weighted by atomic mass is 32.5. The highest BCUT2D eigenvalue weighted by Crippen LogP contribution is 2.48. The van der Waals surface area contributed by atoms with Crippen LogP contribution in [-0.2, 0) is 35.3 Å². The lowest BCUT2D eigenvalue weighted by Crippen LogP contribution is -2.51. The summed E-state index contributed by atoms with van der Waals surface area (Å²) in [5.74, 6) is -2.25. The van der Waals surface area contributed by atoms with Crippen molar-refractivity contribution in [1.82, 2.24) is 14.6 Å². The van der Waals surface area contributed by atoms with Crippen LogP contribution in [0.25, 0.3) is 0 Å². The summed E-state index contributed by atoms with van der Waals surface area (Å²) in [4.78, 5) is 38.4. The normalized spacial score (nSPS) is 25.4. The number of hydrogen-bond donors (Lipinski definition) is 4. The molecule has 2 aromatic rings. The number of nitrogens with zero attached hydrogens (tertiary/aromatic N) is 1. The summed E-state index contributed by atoms with van der Waals surface area (Å²) in [6.07, 6.45) is -4.59.